The fourth-order valence-electron chi connectivity index (χ4n) is 6.00. The molecule has 1 aliphatic heterocycles. The van der Waals surface area contributed by atoms with Crippen molar-refractivity contribution in [1.82, 2.24) is 30.1 Å². The first-order valence-electron chi connectivity index (χ1n) is 20.0. The summed E-state index contributed by atoms with van der Waals surface area (Å²) in [5, 5.41) is 98.1. The standard InChI is InChI=1S/C23H22F7N4O6P.2C7H17NO5/c1-12(14-8-15(22(25,26)27)10-16(9-14)23(28,29)30)40-20-19(13-2-4-17(24)5-3-13)33(6-7-39-20)11-18-31-21(35)34(32-18)41(36,37)38;2*1-2-8-7(13)6(12)5(11)4(10)3-9/h2-5,8-10,12,19-20H,6-7,11H2,1H3,(H,31,32,35)(H2,36,37,38);2*4-13H,2-3H2,1H3/t12-,19+,20-;2*4-,5-,6+,7-/m111/s1. The smallest absolute Gasteiger partial charge is 0.394 e. The van der Waals surface area contributed by atoms with Crippen LogP contribution in [0.5, 0.6) is 0 Å². The van der Waals surface area contributed by atoms with E-state index in [0.717, 1.165) is 12.1 Å². The first kappa shape index (κ1) is 59.6. The van der Waals surface area contributed by atoms with Crippen molar-refractivity contribution in [2.24, 2.45) is 0 Å². The van der Waals surface area contributed by atoms with Gasteiger partial charge in [0, 0.05) is 6.54 Å². The van der Waals surface area contributed by atoms with Crippen LogP contribution in [-0.4, -0.2) is 175 Å². The third kappa shape index (κ3) is 18.0. The van der Waals surface area contributed by atoms with E-state index in [2.05, 4.69) is 20.7 Å². The Morgan fingerprint density at radius 1 is 0.821 bits per heavy atom. The number of rotatable bonds is 19. The van der Waals surface area contributed by atoms with Crippen molar-refractivity contribution in [1.29, 1.82) is 0 Å². The number of ether oxygens (including phenoxy) is 2. The van der Waals surface area contributed by atoms with Crippen molar-refractivity contribution in [3.05, 3.63) is 86.8 Å². The molecule has 0 amide bonds. The number of likely N-dealkylation sites (N-methyl/N-ethyl adjacent to an activating group) is 2. The number of aliphatic hydroxyl groups excluding tert-OH is 10. The SMILES string of the molecule is CCN[C@H](O)[C@@H](O)[C@H](O)[C@H](O)CO.CCN[C@H](O)[C@@H](O)[C@H](O)[C@H](O)CO.C[C@@H](O[C@H]1OCCN(Cc2nn(P(=O)(O)O)c(=O)[nH]2)[C@H]1c1ccc(F)cc1)c1cc(C(F)(F)F)cc(C(F)(F)F)c1. The van der Waals surface area contributed by atoms with Crippen LogP contribution in [-0.2, 0) is 32.9 Å². The second kappa shape index (κ2) is 26.4. The van der Waals surface area contributed by atoms with Gasteiger partial charge in [-0.25, -0.2) is 13.8 Å². The van der Waals surface area contributed by atoms with E-state index in [1.165, 1.54) is 19.1 Å². The molecule has 1 aliphatic rings. The Hall–Kier alpha value is -3.56. The van der Waals surface area contributed by atoms with Crippen molar-refractivity contribution < 1.29 is 106 Å². The quantitative estimate of drug-likeness (QED) is 0.0363. The number of alkyl halides is 6. The van der Waals surface area contributed by atoms with Gasteiger partial charge < -0.3 is 70.3 Å². The maximum absolute atomic E-state index is 13.7. The minimum atomic E-state index is -5.07. The summed E-state index contributed by atoms with van der Waals surface area (Å²) in [6.45, 7) is 3.96. The third-order valence-corrected chi connectivity index (χ3v) is 10.3. The van der Waals surface area contributed by atoms with E-state index >= 15 is 0 Å². The van der Waals surface area contributed by atoms with Crippen LogP contribution in [0.2, 0.25) is 0 Å². The van der Waals surface area contributed by atoms with Gasteiger partial charge in [-0.3, -0.25) is 20.5 Å². The number of aromatic amines is 1. The molecule has 15 N–H and O–H groups in total. The lowest BCUT2D eigenvalue weighted by molar-refractivity contribution is -0.231. The molecule has 1 saturated heterocycles. The first-order chi connectivity index (χ1) is 31.0. The fourth-order valence-corrected chi connectivity index (χ4v) is 6.51. The number of morpholine rings is 1. The first-order valence-corrected chi connectivity index (χ1v) is 21.5. The minimum absolute atomic E-state index is 0.00603. The molecule has 2 heterocycles. The molecule has 0 radical (unpaired) electrons. The van der Waals surface area contributed by atoms with E-state index in [1.54, 1.807) is 18.7 Å². The highest BCUT2D eigenvalue weighted by Gasteiger charge is 2.40. The molecule has 1 aromatic heterocycles. The van der Waals surface area contributed by atoms with E-state index in [9.17, 15) is 60.1 Å². The summed E-state index contributed by atoms with van der Waals surface area (Å²) >= 11 is 0. The van der Waals surface area contributed by atoms with Crippen molar-refractivity contribution in [3.63, 3.8) is 0 Å². The molecule has 3 aromatic rings. The van der Waals surface area contributed by atoms with Gasteiger partial charge in [0.1, 0.15) is 60.7 Å². The number of hydrogen-bond donors (Lipinski definition) is 15. The van der Waals surface area contributed by atoms with Crippen molar-refractivity contribution in [2.45, 2.75) is 107 Å². The molecule has 0 unspecified atom stereocenters. The second-order valence-corrected chi connectivity index (χ2v) is 16.0. The monoisotopic (exact) mass is 1000 g/mol. The van der Waals surface area contributed by atoms with Crippen LogP contribution in [0.4, 0.5) is 30.7 Å². The molecule has 384 valence electrons. The molecule has 2 aromatic carbocycles. The van der Waals surface area contributed by atoms with Crippen LogP contribution in [0.1, 0.15) is 61.0 Å². The molecular formula is C37H56F7N6O16P. The van der Waals surface area contributed by atoms with Gasteiger partial charge in [0.2, 0.25) is 0 Å². The van der Waals surface area contributed by atoms with Gasteiger partial charge in [-0.05, 0) is 61.5 Å². The maximum atomic E-state index is 13.7. The van der Waals surface area contributed by atoms with Gasteiger partial charge in [0.25, 0.3) is 0 Å². The van der Waals surface area contributed by atoms with Crippen molar-refractivity contribution >= 4 is 7.75 Å². The number of benzene rings is 2. The molecular weight excluding hydrogens is 948 g/mol. The predicted octanol–water partition coefficient (Wildman–Crippen LogP) is -1.66. The predicted molar refractivity (Wildman–Crippen MR) is 215 cm³/mol. The summed E-state index contributed by atoms with van der Waals surface area (Å²) in [7, 11) is -5.07. The molecule has 11 atom stereocenters. The van der Waals surface area contributed by atoms with Crippen LogP contribution in [0.3, 0.4) is 0 Å². The van der Waals surface area contributed by atoms with Crippen LogP contribution in [0.15, 0.2) is 47.3 Å². The molecule has 0 saturated carbocycles. The van der Waals surface area contributed by atoms with Gasteiger partial charge in [-0.2, -0.15) is 26.3 Å². The average Bonchev–Trinajstić information content (AvgIpc) is 3.65. The minimum Gasteiger partial charge on any atom is -0.394 e. The summed E-state index contributed by atoms with van der Waals surface area (Å²) in [6, 6.07) is 5.01. The Kier molecular flexibility index (Phi) is 23.5. The number of nitrogens with one attached hydrogen (secondary N) is 3. The van der Waals surface area contributed by atoms with Gasteiger partial charge >= 0.3 is 25.8 Å². The Bertz CT molecular complexity index is 1970. The fraction of sp³-hybridized carbons (Fsp3) is 0.622. The molecule has 22 nitrogen and oxygen atoms in total. The van der Waals surface area contributed by atoms with E-state index < -0.39 is 129 Å². The maximum Gasteiger partial charge on any atom is 0.454 e. The Morgan fingerprint density at radius 2 is 1.28 bits per heavy atom. The number of H-pyrrole nitrogens is 1. The highest BCUT2D eigenvalue weighted by molar-refractivity contribution is 7.49. The van der Waals surface area contributed by atoms with Crippen LogP contribution >= 0.6 is 7.75 Å². The van der Waals surface area contributed by atoms with E-state index in [0.29, 0.717) is 30.8 Å². The molecule has 67 heavy (non-hydrogen) atoms. The number of hydrogen-bond acceptors (Lipinski definition) is 18. The topological polar surface area (TPSA) is 356 Å². The van der Waals surface area contributed by atoms with Crippen LogP contribution < -0.4 is 16.3 Å². The number of aromatic nitrogens is 3. The molecule has 1 fully saturated rings. The number of aliphatic hydroxyl groups is 10. The van der Waals surface area contributed by atoms with E-state index in [1.807, 2.05) is 0 Å². The molecule has 0 bridgehead atoms. The summed E-state index contributed by atoms with van der Waals surface area (Å²) in [5.74, 6) is -0.775. The molecule has 0 aliphatic carbocycles. The lowest BCUT2D eigenvalue weighted by atomic mass is 10.0. The van der Waals surface area contributed by atoms with Crippen molar-refractivity contribution in [3.8, 4) is 0 Å². The third-order valence-electron chi connectivity index (χ3n) is 9.52. The zero-order valence-corrected chi connectivity index (χ0v) is 36.7. The number of halogens is 7. The van der Waals surface area contributed by atoms with Crippen LogP contribution in [0.25, 0.3) is 0 Å². The summed E-state index contributed by atoms with van der Waals surface area (Å²) in [4.78, 5) is 34.3. The summed E-state index contributed by atoms with van der Waals surface area (Å²) in [5.41, 5.74) is -4.31. The largest absolute Gasteiger partial charge is 0.454 e. The molecule has 0 spiro atoms. The lowest BCUT2D eigenvalue weighted by Gasteiger charge is -2.41. The van der Waals surface area contributed by atoms with Gasteiger partial charge in [0.05, 0.1) is 49.6 Å². The van der Waals surface area contributed by atoms with E-state index in [4.69, 9.17) is 50.3 Å². The summed E-state index contributed by atoms with van der Waals surface area (Å²) in [6.07, 6.45) is -24.6. The van der Waals surface area contributed by atoms with Crippen molar-refractivity contribution in [2.75, 3.05) is 39.5 Å². The van der Waals surface area contributed by atoms with Gasteiger partial charge in [0.15, 0.2) is 6.29 Å². The number of nitrogens with zero attached hydrogens (tertiary/aromatic N) is 3. The summed E-state index contributed by atoms with van der Waals surface area (Å²) < 4.78 is 117. The molecule has 4 rings (SSSR count). The Labute approximate surface area is 376 Å². The average molecular weight is 1000 g/mol. The second-order valence-electron chi connectivity index (χ2n) is 14.6. The highest BCUT2D eigenvalue weighted by Crippen LogP contribution is 2.40. The normalized spacial score (nSPS) is 20.2. The Balaban J connectivity index is 0.000000484. The van der Waals surface area contributed by atoms with Crippen LogP contribution in [0, 0.1) is 5.82 Å². The lowest BCUT2D eigenvalue weighted by Crippen LogP contribution is -2.51. The van der Waals surface area contributed by atoms with Gasteiger partial charge in [-0.15, -0.1) is 9.55 Å². The van der Waals surface area contributed by atoms with E-state index in [-0.39, 0.29) is 36.0 Å². The zero-order chi connectivity index (χ0) is 51.2. The zero-order valence-electron chi connectivity index (χ0n) is 35.8. The Morgan fingerprint density at radius 3 is 1.67 bits per heavy atom. The highest BCUT2D eigenvalue weighted by atomic mass is 31.2. The van der Waals surface area contributed by atoms with Gasteiger partial charge in [-0.1, -0.05) is 26.0 Å². The molecule has 30 heteroatoms.